The van der Waals surface area contributed by atoms with Gasteiger partial charge in [-0.2, -0.15) is 0 Å². The molecule has 2 aromatic carbocycles. The number of amides is 1. The van der Waals surface area contributed by atoms with Crippen LogP contribution in [0.1, 0.15) is 28.4 Å². The molecule has 0 radical (unpaired) electrons. The smallest absolute Gasteiger partial charge is 0.254 e. The molecule has 0 aromatic heterocycles. The van der Waals surface area contributed by atoms with Gasteiger partial charge in [-0.15, -0.1) is 0 Å². The number of aliphatic hydroxyl groups is 1. The van der Waals surface area contributed by atoms with Gasteiger partial charge < -0.3 is 14.7 Å². The first kappa shape index (κ1) is 16.4. The van der Waals surface area contributed by atoms with Gasteiger partial charge in [-0.1, -0.05) is 12.1 Å². The van der Waals surface area contributed by atoms with Crippen LogP contribution in [0.25, 0.3) is 0 Å². The average Bonchev–Trinajstić information content (AvgIpc) is 2.96. The predicted octanol–water partition coefficient (Wildman–Crippen LogP) is 2.92. The van der Waals surface area contributed by atoms with Gasteiger partial charge in [0.1, 0.15) is 5.82 Å². The van der Waals surface area contributed by atoms with E-state index < -0.39 is 11.9 Å². The highest BCUT2D eigenvalue weighted by Gasteiger charge is 2.35. The third-order valence-corrected chi connectivity index (χ3v) is 4.19. The number of hydrogen-bond donors (Lipinski definition) is 1. The van der Waals surface area contributed by atoms with Crippen LogP contribution in [0.4, 0.5) is 8.78 Å². The zero-order chi connectivity index (χ0) is 17.3. The van der Waals surface area contributed by atoms with Crippen molar-refractivity contribution in [1.29, 1.82) is 0 Å². The first-order valence-electron chi connectivity index (χ1n) is 7.57. The van der Waals surface area contributed by atoms with Crippen LogP contribution in [0.2, 0.25) is 0 Å². The summed E-state index contributed by atoms with van der Waals surface area (Å²) in [6, 6.07) is 9.43. The Balaban J connectivity index is 1.89. The van der Waals surface area contributed by atoms with E-state index in [0.29, 0.717) is 6.42 Å². The summed E-state index contributed by atoms with van der Waals surface area (Å²) in [5, 5.41) is 9.96. The Hall–Kier alpha value is -2.47. The first-order valence-corrected chi connectivity index (χ1v) is 7.57. The molecular weight excluding hydrogens is 316 g/mol. The van der Waals surface area contributed by atoms with Crippen molar-refractivity contribution in [3.63, 3.8) is 0 Å². The molecule has 2 atom stereocenters. The minimum absolute atomic E-state index is 0.0584. The number of benzene rings is 2. The number of nitrogens with zero attached hydrogens (tertiary/aromatic N) is 1. The van der Waals surface area contributed by atoms with Crippen LogP contribution >= 0.6 is 0 Å². The van der Waals surface area contributed by atoms with E-state index in [1.54, 1.807) is 12.1 Å². The summed E-state index contributed by atoms with van der Waals surface area (Å²) in [4.78, 5) is 14.2. The van der Waals surface area contributed by atoms with Gasteiger partial charge in [-0.05, 0) is 42.3 Å². The largest absolute Gasteiger partial charge is 0.494 e. The van der Waals surface area contributed by atoms with Crippen molar-refractivity contribution >= 4 is 5.91 Å². The van der Waals surface area contributed by atoms with Gasteiger partial charge in [-0.3, -0.25) is 4.79 Å². The van der Waals surface area contributed by atoms with Gasteiger partial charge >= 0.3 is 0 Å². The summed E-state index contributed by atoms with van der Waals surface area (Å²) in [6.07, 6.45) is -0.317. The topological polar surface area (TPSA) is 49.8 Å². The van der Waals surface area contributed by atoms with Gasteiger partial charge in [0, 0.05) is 12.1 Å². The molecule has 1 N–H and O–H groups in total. The van der Waals surface area contributed by atoms with Crippen LogP contribution in [0.5, 0.6) is 5.75 Å². The van der Waals surface area contributed by atoms with Crippen LogP contribution in [0.3, 0.4) is 0 Å². The molecule has 0 bridgehead atoms. The summed E-state index contributed by atoms with van der Waals surface area (Å²) >= 11 is 0. The number of aliphatic hydroxyl groups excluding tert-OH is 1. The van der Waals surface area contributed by atoms with E-state index in [1.807, 2.05) is 0 Å². The number of carbonyl (C=O) groups is 1. The molecule has 1 heterocycles. The lowest BCUT2D eigenvalue weighted by atomic mass is 10.0. The van der Waals surface area contributed by atoms with Crippen LogP contribution in [0.15, 0.2) is 42.5 Å². The maximum atomic E-state index is 13.9. The van der Waals surface area contributed by atoms with Gasteiger partial charge in [-0.25, -0.2) is 8.78 Å². The summed E-state index contributed by atoms with van der Waals surface area (Å²) in [7, 11) is 1.35. The lowest BCUT2D eigenvalue weighted by Gasteiger charge is -2.25. The molecule has 2 aromatic rings. The molecule has 1 amide bonds. The normalized spacial score (nSPS) is 20.2. The van der Waals surface area contributed by atoms with Crippen molar-refractivity contribution in [2.45, 2.75) is 18.6 Å². The van der Waals surface area contributed by atoms with Crippen molar-refractivity contribution in [1.82, 2.24) is 4.90 Å². The fraction of sp³-hybridized carbons (Fsp3) is 0.278. The Morgan fingerprint density at radius 1 is 1.21 bits per heavy atom. The van der Waals surface area contributed by atoms with Crippen LogP contribution in [-0.4, -0.2) is 35.7 Å². The van der Waals surface area contributed by atoms with E-state index in [0.717, 1.165) is 11.6 Å². The SMILES string of the molecule is COc1ccc(C(=O)N2C[C@@H](O)C[C@@H]2c2ccc(F)cc2)cc1F. The lowest BCUT2D eigenvalue weighted by Crippen LogP contribution is -2.31. The standard InChI is InChI=1S/C18H17F2NO3/c1-24-17-7-4-12(8-15(17)20)18(23)21-10-14(22)9-16(21)11-2-5-13(19)6-3-11/h2-8,14,16,22H,9-10H2,1H3/t14-,16+/m0/s1. The van der Waals surface area contributed by atoms with Crippen molar-refractivity contribution in [3.8, 4) is 5.75 Å². The second kappa shape index (κ2) is 6.57. The highest BCUT2D eigenvalue weighted by Crippen LogP contribution is 2.34. The van der Waals surface area contributed by atoms with Crippen molar-refractivity contribution in [2.75, 3.05) is 13.7 Å². The molecule has 0 saturated carbocycles. The number of carbonyl (C=O) groups excluding carboxylic acids is 1. The Kier molecular flexibility index (Phi) is 4.49. The van der Waals surface area contributed by atoms with Crippen molar-refractivity contribution < 1.29 is 23.4 Å². The van der Waals surface area contributed by atoms with Crippen LogP contribution in [0, 0.1) is 11.6 Å². The Labute approximate surface area is 138 Å². The Bertz CT molecular complexity index is 748. The number of methoxy groups -OCH3 is 1. The molecule has 1 aliphatic heterocycles. The van der Waals surface area contributed by atoms with E-state index in [1.165, 1.54) is 36.3 Å². The van der Waals surface area contributed by atoms with Crippen LogP contribution in [-0.2, 0) is 0 Å². The molecule has 3 rings (SSSR count). The predicted molar refractivity (Wildman–Crippen MR) is 83.8 cm³/mol. The number of likely N-dealkylation sites (tertiary alicyclic amines) is 1. The Morgan fingerprint density at radius 2 is 1.92 bits per heavy atom. The molecule has 24 heavy (non-hydrogen) atoms. The molecule has 0 unspecified atom stereocenters. The molecule has 126 valence electrons. The molecule has 0 spiro atoms. The van der Waals surface area contributed by atoms with Gasteiger partial charge in [0.15, 0.2) is 11.6 Å². The van der Waals surface area contributed by atoms with E-state index in [4.69, 9.17) is 4.74 Å². The monoisotopic (exact) mass is 333 g/mol. The first-order chi connectivity index (χ1) is 11.5. The minimum atomic E-state index is -0.674. The quantitative estimate of drug-likeness (QED) is 0.940. The number of β-amino-alcohol motifs (C(OH)–C–C–N with tert-alkyl or cyclic N) is 1. The molecular formula is C18H17F2NO3. The molecule has 1 aliphatic rings. The number of hydrogen-bond acceptors (Lipinski definition) is 3. The molecule has 0 aliphatic carbocycles. The third kappa shape index (κ3) is 3.10. The second-order valence-electron chi connectivity index (χ2n) is 5.76. The fourth-order valence-corrected chi connectivity index (χ4v) is 3.00. The number of ether oxygens (including phenoxy) is 1. The van der Waals surface area contributed by atoms with Gasteiger partial charge in [0.25, 0.3) is 5.91 Å². The number of halogens is 2. The molecule has 1 saturated heterocycles. The number of rotatable bonds is 3. The van der Waals surface area contributed by atoms with Crippen molar-refractivity contribution in [3.05, 3.63) is 65.2 Å². The third-order valence-electron chi connectivity index (χ3n) is 4.19. The minimum Gasteiger partial charge on any atom is -0.494 e. The summed E-state index contributed by atoms with van der Waals surface area (Å²) < 4.78 is 31.8. The zero-order valence-corrected chi connectivity index (χ0v) is 13.1. The van der Waals surface area contributed by atoms with E-state index in [9.17, 15) is 18.7 Å². The summed E-state index contributed by atoms with van der Waals surface area (Å²) in [5.74, 6) is -1.32. The van der Waals surface area contributed by atoms with Crippen molar-refractivity contribution in [2.24, 2.45) is 0 Å². The van der Waals surface area contributed by atoms with E-state index in [2.05, 4.69) is 0 Å². The maximum Gasteiger partial charge on any atom is 0.254 e. The van der Waals surface area contributed by atoms with Gasteiger partial charge in [0.2, 0.25) is 0 Å². The zero-order valence-electron chi connectivity index (χ0n) is 13.1. The summed E-state index contributed by atoms with van der Waals surface area (Å²) in [6.45, 7) is 0.147. The second-order valence-corrected chi connectivity index (χ2v) is 5.76. The fourth-order valence-electron chi connectivity index (χ4n) is 3.00. The van der Waals surface area contributed by atoms with E-state index in [-0.39, 0.29) is 35.6 Å². The van der Waals surface area contributed by atoms with Gasteiger partial charge in [0.05, 0.1) is 19.3 Å². The molecule has 1 fully saturated rings. The highest BCUT2D eigenvalue weighted by atomic mass is 19.1. The highest BCUT2D eigenvalue weighted by molar-refractivity contribution is 5.95. The van der Waals surface area contributed by atoms with Crippen LogP contribution < -0.4 is 4.74 Å². The average molecular weight is 333 g/mol. The molecule has 4 nitrogen and oxygen atoms in total. The maximum absolute atomic E-state index is 13.9. The lowest BCUT2D eigenvalue weighted by molar-refractivity contribution is 0.0715. The molecule has 6 heteroatoms. The summed E-state index contributed by atoms with van der Waals surface area (Å²) in [5.41, 5.74) is 0.907. The Morgan fingerprint density at radius 3 is 2.54 bits per heavy atom. The van der Waals surface area contributed by atoms with E-state index >= 15 is 0 Å².